The van der Waals surface area contributed by atoms with Gasteiger partial charge < -0.3 is 4.74 Å². The van der Waals surface area contributed by atoms with Crippen LogP contribution in [0.15, 0.2) is 65.8 Å². The summed E-state index contributed by atoms with van der Waals surface area (Å²) in [7, 11) is 0. The quantitative estimate of drug-likeness (QED) is 0.317. The number of benzene rings is 3. The Morgan fingerprint density at radius 2 is 1.81 bits per heavy atom. The van der Waals surface area contributed by atoms with E-state index in [0.29, 0.717) is 21.9 Å². The van der Waals surface area contributed by atoms with Crippen molar-refractivity contribution >= 4 is 35.3 Å². The monoisotopic (exact) mass is 472 g/mol. The third-order valence-corrected chi connectivity index (χ3v) is 5.38. The highest BCUT2D eigenvalue weighted by molar-refractivity contribution is 6.31. The minimum Gasteiger partial charge on any atom is -0.488 e. The molecular formula is C25H23Cl2FN2O2. The molecule has 3 rings (SSSR count). The van der Waals surface area contributed by atoms with Crippen molar-refractivity contribution in [3.05, 3.63) is 98.8 Å². The zero-order valence-corrected chi connectivity index (χ0v) is 19.5. The van der Waals surface area contributed by atoms with Gasteiger partial charge in [-0.25, -0.2) is 9.82 Å². The van der Waals surface area contributed by atoms with Gasteiger partial charge in [-0.1, -0.05) is 62.2 Å². The highest BCUT2D eigenvalue weighted by Gasteiger charge is 2.14. The number of carbonyl (C=O) groups is 1. The first-order valence-electron chi connectivity index (χ1n) is 9.94. The van der Waals surface area contributed by atoms with Crippen molar-refractivity contribution in [2.75, 3.05) is 0 Å². The van der Waals surface area contributed by atoms with E-state index in [0.717, 1.165) is 5.56 Å². The topological polar surface area (TPSA) is 50.7 Å². The Kier molecular flexibility index (Phi) is 7.54. The molecular weight excluding hydrogens is 450 g/mol. The second kappa shape index (κ2) is 10.2. The van der Waals surface area contributed by atoms with E-state index < -0.39 is 5.82 Å². The molecule has 4 nitrogen and oxygen atoms in total. The van der Waals surface area contributed by atoms with Gasteiger partial charge in [0.2, 0.25) is 0 Å². The van der Waals surface area contributed by atoms with Crippen molar-refractivity contribution in [3.8, 4) is 5.75 Å². The molecule has 0 fully saturated rings. The summed E-state index contributed by atoms with van der Waals surface area (Å²) in [4.78, 5) is 12.4. The van der Waals surface area contributed by atoms with E-state index in [1.165, 1.54) is 18.3 Å². The van der Waals surface area contributed by atoms with Crippen molar-refractivity contribution in [1.29, 1.82) is 0 Å². The van der Waals surface area contributed by atoms with Crippen LogP contribution in [0.3, 0.4) is 0 Å². The molecule has 3 aromatic rings. The van der Waals surface area contributed by atoms with Crippen molar-refractivity contribution in [2.24, 2.45) is 5.10 Å². The molecule has 0 saturated heterocycles. The third-order valence-electron chi connectivity index (χ3n) is 4.79. The Hall–Kier alpha value is -2.89. The van der Waals surface area contributed by atoms with Gasteiger partial charge in [-0.2, -0.15) is 5.10 Å². The maximum Gasteiger partial charge on any atom is 0.271 e. The number of nitrogens with zero attached hydrogens (tertiary/aromatic N) is 1. The molecule has 0 atom stereocenters. The fourth-order valence-electron chi connectivity index (χ4n) is 2.92. The first kappa shape index (κ1) is 23.8. The summed E-state index contributed by atoms with van der Waals surface area (Å²) in [5.41, 5.74) is 4.89. The standard InChI is InChI=1S/C25H23Cl2FN2O2/c1-25(2,3)18-9-7-16(8-10-18)24(31)30-29-14-17-13-19(26)11-12-23(17)32-15-20-21(27)5-4-6-22(20)28/h4-14H,15H2,1-3H3,(H,30,31)/b29-14-. The van der Waals surface area contributed by atoms with Crippen LogP contribution in [0.2, 0.25) is 10.0 Å². The average Bonchev–Trinajstić information content (AvgIpc) is 2.74. The molecule has 3 aromatic carbocycles. The molecule has 0 aliphatic carbocycles. The average molecular weight is 473 g/mol. The molecule has 32 heavy (non-hydrogen) atoms. The molecule has 0 saturated carbocycles. The lowest BCUT2D eigenvalue weighted by Gasteiger charge is -2.18. The minimum atomic E-state index is -0.452. The van der Waals surface area contributed by atoms with E-state index in [2.05, 4.69) is 31.3 Å². The first-order valence-corrected chi connectivity index (χ1v) is 10.7. The van der Waals surface area contributed by atoms with Crippen molar-refractivity contribution < 1.29 is 13.9 Å². The summed E-state index contributed by atoms with van der Waals surface area (Å²) >= 11 is 12.1. The van der Waals surface area contributed by atoms with Gasteiger partial charge >= 0.3 is 0 Å². The van der Waals surface area contributed by atoms with Gasteiger partial charge in [-0.15, -0.1) is 0 Å². The van der Waals surface area contributed by atoms with Gasteiger partial charge in [0.05, 0.1) is 11.2 Å². The number of carbonyl (C=O) groups excluding carboxylic acids is 1. The van der Waals surface area contributed by atoms with Crippen molar-refractivity contribution in [2.45, 2.75) is 32.8 Å². The van der Waals surface area contributed by atoms with Gasteiger partial charge in [0, 0.05) is 21.7 Å². The van der Waals surface area contributed by atoms with E-state index in [4.69, 9.17) is 27.9 Å². The molecule has 0 aromatic heterocycles. The smallest absolute Gasteiger partial charge is 0.271 e. The normalized spacial score (nSPS) is 11.6. The second-order valence-corrected chi connectivity index (χ2v) is 9.04. The number of hydrogen-bond acceptors (Lipinski definition) is 3. The molecule has 0 heterocycles. The van der Waals surface area contributed by atoms with Crippen LogP contribution >= 0.6 is 23.2 Å². The van der Waals surface area contributed by atoms with E-state index in [9.17, 15) is 9.18 Å². The summed E-state index contributed by atoms with van der Waals surface area (Å²) in [5, 5.41) is 4.76. The second-order valence-electron chi connectivity index (χ2n) is 8.20. The van der Waals surface area contributed by atoms with Crippen LogP contribution in [0.1, 0.15) is 47.8 Å². The molecule has 7 heteroatoms. The van der Waals surface area contributed by atoms with Crippen LogP contribution in [0, 0.1) is 5.82 Å². The van der Waals surface area contributed by atoms with E-state index in [1.807, 2.05) is 12.1 Å². The third kappa shape index (κ3) is 6.09. The number of ether oxygens (including phenoxy) is 1. The molecule has 0 radical (unpaired) electrons. The summed E-state index contributed by atoms with van der Waals surface area (Å²) in [6, 6.07) is 16.7. The first-order chi connectivity index (χ1) is 15.1. The fourth-order valence-corrected chi connectivity index (χ4v) is 3.32. The van der Waals surface area contributed by atoms with E-state index in [1.54, 1.807) is 36.4 Å². The Bertz CT molecular complexity index is 1120. The molecule has 0 aliphatic rings. The number of amides is 1. The number of hydrazone groups is 1. The largest absolute Gasteiger partial charge is 0.488 e. The zero-order valence-electron chi connectivity index (χ0n) is 18.0. The van der Waals surface area contributed by atoms with E-state index in [-0.39, 0.29) is 28.5 Å². The molecule has 0 bridgehead atoms. The van der Waals surface area contributed by atoms with Crippen LogP contribution < -0.4 is 10.2 Å². The van der Waals surface area contributed by atoms with Gasteiger partial charge in [0.15, 0.2) is 0 Å². The lowest BCUT2D eigenvalue weighted by molar-refractivity contribution is 0.0955. The number of rotatable bonds is 6. The van der Waals surface area contributed by atoms with Crippen LogP contribution in [0.5, 0.6) is 5.75 Å². The molecule has 1 N–H and O–H groups in total. The fraction of sp³-hybridized carbons (Fsp3) is 0.200. The Morgan fingerprint density at radius 3 is 2.47 bits per heavy atom. The molecule has 166 valence electrons. The lowest BCUT2D eigenvalue weighted by Crippen LogP contribution is -2.18. The highest BCUT2D eigenvalue weighted by Crippen LogP contribution is 2.25. The lowest BCUT2D eigenvalue weighted by atomic mass is 9.87. The zero-order chi connectivity index (χ0) is 23.3. The summed E-state index contributed by atoms with van der Waals surface area (Å²) in [6.45, 7) is 6.26. The predicted octanol–water partition coefficient (Wildman–Crippen LogP) is 6.77. The molecule has 0 aliphatic heterocycles. The Morgan fingerprint density at radius 1 is 1.09 bits per heavy atom. The number of hydrogen-bond donors (Lipinski definition) is 1. The number of halogens is 3. The molecule has 1 amide bonds. The predicted molar refractivity (Wildman–Crippen MR) is 127 cm³/mol. The maximum absolute atomic E-state index is 14.0. The molecule has 0 unspecified atom stereocenters. The summed E-state index contributed by atoms with van der Waals surface area (Å²) in [6.07, 6.45) is 1.42. The van der Waals surface area contributed by atoms with Crippen LogP contribution in [-0.2, 0) is 12.0 Å². The summed E-state index contributed by atoms with van der Waals surface area (Å²) in [5.74, 6) is -0.378. The Balaban J connectivity index is 1.70. The van der Waals surface area contributed by atoms with Gasteiger partial charge in [0.1, 0.15) is 18.2 Å². The van der Waals surface area contributed by atoms with Gasteiger partial charge in [-0.05, 0) is 53.4 Å². The Labute approximate surface area is 197 Å². The van der Waals surface area contributed by atoms with Crippen LogP contribution in [0.25, 0.3) is 0 Å². The maximum atomic E-state index is 14.0. The summed E-state index contributed by atoms with van der Waals surface area (Å²) < 4.78 is 19.7. The van der Waals surface area contributed by atoms with Gasteiger partial charge in [0.25, 0.3) is 5.91 Å². The van der Waals surface area contributed by atoms with Crippen LogP contribution in [-0.4, -0.2) is 12.1 Å². The SMILES string of the molecule is CC(C)(C)c1ccc(C(=O)N/N=C\c2cc(Cl)ccc2OCc2c(F)cccc2Cl)cc1. The minimum absolute atomic E-state index is 0.00301. The van der Waals surface area contributed by atoms with Crippen LogP contribution in [0.4, 0.5) is 4.39 Å². The number of nitrogens with one attached hydrogen (secondary N) is 1. The van der Waals surface area contributed by atoms with Gasteiger partial charge in [-0.3, -0.25) is 4.79 Å². The highest BCUT2D eigenvalue weighted by atomic mass is 35.5. The van der Waals surface area contributed by atoms with Crippen molar-refractivity contribution in [3.63, 3.8) is 0 Å². The molecule has 0 spiro atoms. The van der Waals surface area contributed by atoms with Crippen molar-refractivity contribution in [1.82, 2.24) is 5.43 Å². The van der Waals surface area contributed by atoms with E-state index >= 15 is 0 Å².